The van der Waals surface area contributed by atoms with Crippen LogP contribution in [-0.4, -0.2) is 60.4 Å². The second-order valence-corrected chi connectivity index (χ2v) is 18.0. The van der Waals surface area contributed by atoms with Crippen LogP contribution in [0.3, 0.4) is 0 Å². The summed E-state index contributed by atoms with van der Waals surface area (Å²) in [7, 11) is 9.64. The third-order valence-electron chi connectivity index (χ3n) is 1.32. The summed E-state index contributed by atoms with van der Waals surface area (Å²) in [4.78, 5) is -2.37. The van der Waals surface area contributed by atoms with E-state index in [1.165, 1.54) is 42.7 Å². The Morgan fingerprint density at radius 3 is 0.846 bits per heavy atom. The van der Waals surface area contributed by atoms with E-state index in [4.69, 9.17) is 64.2 Å². The molecule has 0 fully saturated rings. The van der Waals surface area contributed by atoms with Crippen molar-refractivity contribution < 1.29 is 67.3 Å². The average molecular weight is 570 g/mol. The van der Waals surface area contributed by atoms with Gasteiger partial charge in [0.2, 0.25) is 4.97 Å². The van der Waals surface area contributed by atoms with E-state index in [0.717, 1.165) is 7.11 Å². The van der Waals surface area contributed by atoms with Gasteiger partial charge in [0, 0.05) is 49.8 Å². The summed E-state index contributed by atoms with van der Waals surface area (Å²) >= 11 is 29.5. The molecule has 0 radical (unpaired) electrons. The summed E-state index contributed by atoms with van der Waals surface area (Å²) < 4.78 is 27.7. The van der Waals surface area contributed by atoms with Crippen molar-refractivity contribution >= 4 is 86.7 Å². The zero-order valence-corrected chi connectivity index (χ0v) is 24.4. The summed E-state index contributed by atoms with van der Waals surface area (Å²) in [6.07, 6.45) is 0. The van der Waals surface area contributed by atoms with Gasteiger partial charge in [0.15, 0.2) is 0 Å². The molecule has 162 valence electrons. The summed E-state index contributed by atoms with van der Waals surface area (Å²) in [5.74, 6) is -2.35. The van der Waals surface area contributed by atoms with Gasteiger partial charge < -0.3 is 37.7 Å². The molecule has 26 heavy (non-hydrogen) atoms. The molecule has 0 saturated carbocycles. The maximum Gasteiger partial charge on any atom is 1.00 e. The fourth-order valence-corrected chi connectivity index (χ4v) is 0.894. The van der Waals surface area contributed by atoms with E-state index in [2.05, 4.69) is 37.2 Å². The van der Waals surface area contributed by atoms with Crippen LogP contribution < -0.4 is 29.6 Å². The van der Waals surface area contributed by atoms with Gasteiger partial charge in [-0.15, -0.1) is 0 Å². The van der Waals surface area contributed by atoms with E-state index >= 15 is 0 Å². The Morgan fingerprint density at radius 2 is 0.846 bits per heavy atom. The van der Waals surface area contributed by atoms with Gasteiger partial charge in [-0.1, -0.05) is 7.43 Å². The van der Waals surface area contributed by atoms with Gasteiger partial charge in [-0.05, 0) is 69.1 Å². The third kappa shape index (κ3) is 41.8. The summed E-state index contributed by atoms with van der Waals surface area (Å²) in [5.41, 5.74) is 0. The molecule has 0 atom stereocenters. The van der Waals surface area contributed by atoms with E-state index in [0.29, 0.717) is 0 Å². The van der Waals surface area contributed by atoms with Crippen LogP contribution in [-0.2, 0) is 62.6 Å². The van der Waals surface area contributed by atoms with Crippen LogP contribution in [0.25, 0.3) is 0 Å². The molecule has 0 bridgehead atoms. The predicted molar refractivity (Wildman–Crippen MR) is 119 cm³/mol. The standard InChI is InChI=1S/C3H9O3PS.C2H6ClO2PS.CH3Cl2OPS.CH4O.CH4.Na.H2O/c1-4-7(8,5-2)6-3;1-4-6(3,7)5-2;1-4-5(2,3)6;1-2;;;/h1-3H3;1-2H3;1H3;2H,1H3;1H4;;1H2/q;;;;;+1;/p-1. The van der Waals surface area contributed by atoms with Gasteiger partial charge in [0.05, 0.1) is 0 Å². The van der Waals surface area contributed by atoms with Crippen molar-refractivity contribution in [1.29, 1.82) is 0 Å². The minimum Gasteiger partial charge on any atom is -0.870 e. The number of hydrogen-bond acceptors (Lipinski definition) is 11. The summed E-state index contributed by atoms with van der Waals surface area (Å²) in [6, 6.07) is 0. The molecule has 0 aromatic heterocycles. The molecule has 8 nitrogen and oxygen atoms in total. The van der Waals surface area contributed by atoms with Crippen LogP contribution in [0.15, 0.2) is 0 Å². The van der Waals surface area contributed by atoms with E-state index < -0.39 is 17.5 Å². The summed E-state index contributed by atoms with van der Waals surface area (Å²) in [5, 5.41) is 7.00. The van der Waals surface area contributed by atoms with E-state index in [1.807, 2.05) is 0 Å². The Kier molecular flexibility index (Phi) is 51.9. The molecule has 0 aliphatic rings. The smallest absolute Gasteiger partial charge is 0.870 e. The molecular formula is C8H27Cl3NaO8P3S3. The molecule has 0 saturated heterocycles. The molecule has 0 amide bonds. The first-order valence-electron chi connectivity index (χ1n) is 5.05. The Morgan fingerprint density at radius 1 is 0.654 bits per heavy atom. The third-order valence-corrected chi connectivity index (χ3v) is 8.30. The van der Waals surface area contributed by atoms with Crippen LogP contribution in [0.2, 0.25) is 0 Å². The molecule has 0 spiro atoms. The Bertz CT molecular complexity index is 381. The van der Waals surface area contributed by atoms with Crippen LogP contribution in [0, 0.1) is 0 Å². The number of aliphatic hydroxyl groups is 1. The largest absolute Gasteiger partial charge is 1.00 e. The van der Waals surface area contributed by atoms with E-state index in [-0.39, 0.29) is 42.5 Å². The van der Waals surface area contributed by atoms with E-state index in [1.54, 1.807) is 0 Å². The normalized spacial score (nSPS) is 9.81. The molecule has 0 rings (SSSR count). The molecule has 0 heterocycles. The van der Waals surface area contributed by atoms with Crippen molar-refractivity contribution in [1.82, 2.24) is 0 Å². The fraction of sp³-hybridized carbons (Fsp3) is 1.00. The number of rotatable bonds is 6. The maximum atomic E-state index is 7.00. The van der Waals surface area contributed by atoms with Crippen molar-refractivity contribution in [3.05, 3.63) is 0 Å². The molecule has 0 aromatic rings. The van der Waals surface area contributed by atoms with Crippen LogP contribution in [0.1, 0.15) is 7.43 Å². The van der Waals surface area contributed by atoms with Gasteiger partial charge in [-0.3, -0.25) is 0 Å². The molecule has 0 aliphatic carbocycles. The second-order valence-electron chi connectivity index (χ2n) is 2.39. The van der Waals surface area contributed by atoms with Gasteiger partial charge in [0.25, 0.3) is 5.84 Å². The van der Waals surface area contributed by atoms with Crippen molar-refractivity contribution in [2.45, 2.75) is 7.43 Å². The minimum atomic E-state index is -2.37. The zero-order chi connectivity index (χ0) is 19.7. The topological polar surface area (TPSA) is 106 Å². The molecule has 2 N–H and O–H groups in total. The molecule has 18 heteroatoms. The van der Waals surface area contributed by atoms with Gasteiger partial charge in [0.1, 0.15) is 0 Å². The monoisotopic (exact) mass is 568 g/mol. The van der Waals surface area contributed by atoms with Crippen molar-refractivity contribution in [3.8, 4) is 0 Å². The van der Waals surface area contributed by atoms with E-state index in [9.17, 15) is 0 Å². The first kappa shape index (κ1) is 47.3. The SMILES string of the molecule is C.CO.COP(=S)(Cl)Cl.COP(=S)(Cl)OC.COP(=S)(OC)OC.[Na+].[OH-]. The first-order chi connectivity index (χ1) is 10.4. The average Bonchev–Trinajstić information content (AvgIpc) is 2.56. The Balaban J connectivity index is -0.0000000379. The van der Waals surface area contributed by atoms with Crippen LogP contribution >= 0.6 is 51.3 Å². The number of aliphatic hydroxyl groups excluding tert-OH is 1. The number of hydrogen-bond donors (Lipinski definition) is 1. The number of halogens is 3. The van der Waals surface area contributed by atoms with Gasteiger partial charge in [-0.2, -0.15) is 0 Å². The van der Waals surface area contributed by atoms with Gasteiger partial charge in [-0.25, -0.2) is 0 Å². The maximum absolute atomic E-state index is 7.00. The van der Waals surface area contributed by atoms with Gasteiger partial charge >= 0.3 is 36.3 Å². The Labute approximate surface area is 209 Å². The first-order valence-corrected chi connectivity index (χ1v) is 15.7. The molecular weight excluding hydrogens is 543 g/mol. The van der Waals surface area contributed by atoms with Crippen molar-refractivity contribution in [3.63, 3.8) is 0 Å². The second kappa shape index (κ2) is 28.5. The minimum absolute atomic E-state index is 0. The molecule has 0 aliphatic heterocycles. The van der Waals surface area contributed by atoms with Crippen LogP contribution in [0.5, 0.6) is 0 Å². The fourth-order valence-electron chi connectivity index (χ4n) is 0.298. The van der Waals surface area contributed by atoms with Crippen molar-refractivity contribution in [2.75, 3.05) is 49.8 Å². The predicted octanol–water partition coefficient (Wildman–Crippen LogP) is 2.30. The molecule has 0 aromatic carbocycles. The summed E-state index contributed by atoms with van der Waals surface area (Å²) in [6.45, 7) is -2.33. The van der Waals surface area contributed by atoms with Crippen molar-refractivity contribution in [2.24, 2.45) is 0 Å². The Hall–Kier alpha value is 3.50. The molecule has 0 unspecified atom stereocenters. The quantitative estimate of drug-likeness (QED) is 0.376. The zero-order valence-electron chi connectivity index (χ0n) is 15.0. The van der Waals surface area contributed by atoms with Crippen LogP contribution in [0.4, 0.5) is 0 Å².